The first-order valence-electron chi connectivity index (χ1n) is 12.0. The quantitative estimate of drug-likeness (QED) is 0.617. The summed E-state index contributed by atoms with van der Waals surface area (Å²) in [7, 11) is 1.51. The summed E-state index contributed by atoms with van der Waals surface area (Å²) in [6.45, 7) is 1.80. The zero-order chi connectivity index (χ0) is 22.9. The van der Waals surface area contributed by atoms with Crippen LogP contribution < -0.4 is 11.2 Å². The summed E-state index contributed by atoms with van der Waals surface area (Å²) in [5, 5.41) is 0.437. The third-order valence-corrected chi connectivity index (χ3v) is 7.24. The van der Waals surface area contributed by atoms with Gasteiger partial charge in [-0.25, -0.2) is 9.78 Å². The molecule has 1 aliphatic carbocycles. The largest absolute Gasteiger partial charge is 0.342 e. The number of carbonyl (C=O) groups excluding carboxylic acids is 1. The van der Waals surface area contributed by atoms with Gasteiger partial charge in [-0.05, 0) is 43.4 Å². The Bertz CT molecular complexity index is 1290. The van der Waals surface area contributed by atoms with Gasteiger partial charge in [-0.3, -0.25) is 18.7 Å². The van der Waals surface area contributed by atoms with Crippen LogP contribution in [0.5, 0.6) is 0 Å². The molecule has 2 fully saturated rings. The normalized spacial score (nSPS) is 19.3. The first kappa shape index (κ1) is 21.6. The predicted octanol–water partition coefficient (Wildman–Crippen LogP) is 3.04. The van der Waals surface area contributed by atoms with E-state index in [-0.39, 0.29) is 29.0 Å². The lowest BCUT2D eigenvalue weighted by atomic mass is 9.93. The van der Waals surface area contributed by atoms with Gasteiger partial charge in [0.2, 0.25) is 5.91 Å². The first-order valence-corrected chi connectivity index (χ1v) is 12.0. The molecule has 0 radical (unpaired) electrons. The third-order valence-electron chi connectivity index (χ3n) is 7.24. The maximum Gasteiger partial charge on any atom is 0.332 e. The molecular formula is C26H30N4O3. The zero-order valence-corrected chi connectivity index (χ0v) is 19.1. The summed E-state index contributed by atoms with van der Waals surface area (Å²) in [6.07, 6.45) is 6.19. The number of hydrogen-bond acceptors (Lipinski definition) is 4. The molecular weight excluding hydrogens is 416 g/mol. The Hall–Kier alpha value is -3.22. The number of nitrogens with zero attached hydrogens (tertiary/aromatic N) is 4. The van der Waals surface area contributed by atoms with E-state index in [1.165, 1.54) is 7.05 Å². The van der Waals surface area contributed by atoms with Crippen LogP contribution in [0.15, 0.2) is 52.1 Å². The Morgan fingerprint density at radius 1 is 1.00 bits per heavy atom. The van der Waals surface area contributed by atoms with Crippen LogP contribution in [0.25, 0.3) is 11.0 Å². The molecule has 1 atom stereocenters. The molecule has 3 aromatic rings. The number of carbonyl (C=O) groups is 1. The lowest BCUT2D eigenvalue weighted by Crippen LogP contribution is -2.42. The molecule has 172 valence electrons. The van der Waals surface area contributed by atoms with Crippen LogP contribution in [0.1, 0.15) is 55.7 Å². The molecule has 0 bridgehead atoms. The number of fused-ring (bicyclic) bond motifs is 1. The van der Waals surface area contributed by atoms with E-state index in [0.717, 1.165) is 60.9 Å². The number of benzene rings is 1. The van der Waals surface area contributed by atoms with Gasteiger partial charge in [0.25, 0.3) is 5.56 Å². The number of amides is 1. The fourth-order valence-electron chi connectivity index (χ4n) is 5.36. The SMILES string of the molecule is Cn1c(=O)c2ccc([C@@H]3CCCN(C(=O)C4CCCC4)C3)nc2n(Cc2ccccc2)c1=O. The van der Waals surface area contributed by atoms with Gasteiger partial charge in [-0.15, -0.1) is 0 Å². The fraction of sp³-hybridized carbons (Fsp3) is 0.462. The Morgan fingerprint density at radius 2 is 1.76 bits per heavy atom. The highest BCUT2D eigenvalue weighted by molar-refractivity contribution is 5.79. The van der Waals surface area contributed by atoms with Crippen molar-refractivity contribution in [3.05, 3.63) is 74.6 Å². The summed E-state index contributed by atoms with van der Waals surface area (Å²) in [5.74, 6) is 0.568. The molecule has 0 N–H and O–H groups in total. The highest BCUT2D eigenvalue weighted by atomic mass is 16.2. The lowest BCUT2D eigenvalue weighted by Gasteiger charge is -2.34. The smallest absolute Gasteiger partial charge is 0.332 e. The second kappa shape index (κ2) is 8.96. The van der Waals surface area contributed by atoms with Gasteiger partial charge >= 0.3 is 5.69 Å². The fourth-order valence-corrected chi connectivity index (χ4v) is 5.36. The topological polar surface area (TPSA) is 77.2 Å². The number of piperidine rings is 1. The molecule has 33 heavy (non-hydrogen) atoms. The molecule has 1 aromatic carbocycles. The van der Waals surface area contributed by atoms with Gasteiger partial charge in [-0.1, -0.05) is 43.2 Å². The van der Waals surface area contributed by atoms with Gasteiger partial charge in [-0.2, -0.15) is 0 Å². The molecule has 2 aromatic heterocycles. The minimum absolute atomic E-state index is 0.109. The Balaban J connectivity index is 1.51. The molecule has 7 heteroatoms. The number of pyridine rings is 1. The Kier molecular flexibility index (Phi) is 5.87. The molecule has 1 saturated heterocycles. The molecule has 0 unspecified atom stereocenters. The minimum atomic E-state index is -0.373. The summed E-state index contributed by atoms with van der Waals surface area (Å²) >= 11 is 0. The van der Waals surface area contributed by atoms with E-state index in [1.54, 1.807) is 10.6 Å². The zero-order valence-electron chi connectivity index (χ0n) is 19.1. The summed E-state index contributed by atoms with van der Waals surface area (Å²) in [6, 6.07) is 13.4. The van der Waals surface area contributed by atoms with Gasteiger partial charge in [0.1, 0.15) is 5.65 Å². The summed E-state index contributed by atoms with van der Waals surface area (Å²) in [4.78, 5) is 45.7. The second-order valence-electron chi connectivity index (χ2n) is 9.43. The van der Waals surface area contributed by atoms with Crippen LogP contribution in [0.2, 0.25) is 0 Å². The number of aromatic nitrogens is 3. The van der Waals surface area contributed by atoms with Crippen LogP contribution in [-0.4, -0.2) is 38.0 Å². The van der Waals surface area contributed by atoms with Crippen molar-refractivity contribution in [3.63, 3.8) is 0 Å². The number of likely N-dealkylation sites (tertiary alicyclic amines) is 1. The highest BCUT2D eigenvalue weighted by Gasteiger charge is 2.31. The second-order valence-corrected chi connectivity index (χ2v) is 9.43. The van der Waals surface area contributed by atoms with Crippen LogP contribution >= 0.6 is 0 Å². The van der Waals surface area contributed by atoms with Gasteiger partial charge < -0.3 is 4.90 Å². The van der Waals surface area contributed by atoms with Gasteiger partial charge in [0.15, 0.2) is 0 Å². The van der Waals surface area contributed by atoms with E-state index < -0.39 is 0 Å². The maximum atomic E-state index is 13.0. The van der Waals surface area contributed by atoms with Crippen molar-refractivity contribution in [2.75, 3.05) is 13.1 Å². The van der Waals surface area contributed by atoms with Crippen molar-refractivity contribution in [2.45, 2.75) is 51.0 Å². The van der Waals surface area contributed by atoms with Crippen LogP contribution in [-0.2, 0) is 18.4 Å². The summed E-state index contributed by atoms with van der Waals surface area (Å²) < 4.78 is 2.73. The number of hydrogen-bond donors (Lipinski definition) is 0. The Morgan fingerprint density at radius 3 is 2.52 bits per heavy atom. The molecule has 1 saturated carbocycles. The Labute approximate surface area is 192 Å². The standard InChI is InChI=1S/C26H30N4O3/c1-28-25(32)21-13-14-22(20-12-7-15-29(17-20)24(31)19-10-5-6-11-19)27-23(21)30(26(28)33)16-18-8-3-2-4-9-18/h2-4,8-9,13-14,19-20H,5-7,10-12,15-17H2,1H3/t20-/m1/s1. The van der Waals surface area contributed by atoms with Crippen LogP contribution in [0, 0.1) is 5.92 Å². The monoisotopic (exact) mass is 446 g/mol. The van der Waals surface area contributed by atoms with E-state index in [0.29, 0.717) is 24.1 Å². The molecule has 1 aliphatic heterocycles. The molecule has 2 aliphatic rings. The molecule has 3 heterocycles. The minimum Gasteiger partial charge on any atom is -0.342 e. The van der Waals surface area contributed by atoms with E-state index >= 15 is 0 Å². The van der Waals surface area contributed by atoms with Gasteiger partial charge in [0.05, 0.1) is 11.9 Å². The van der Waals surface area contributed by atoms with E-state index in [4.69, 9.17) is 4.98 Å². The average Bonchev–Trinajstić information content (AvgIpc) is 3.40. The van der Waals surface area contributed by atoms with Crippen molar-refractivity contribution in [1.29, 1.82) is 0 Å². The molecule has 0 spiro atoms. The first-order chi connectivity index (χ1) is 16.0. The highest BCUT2D eigenvalue weighted by Crippen LogP contribution is 2.31. The predicted molar refractivity (Wildman–Crippen MR) is 127 cm³/mol. The van der Waals surface area contributed by atoms with Crippen LogP contribution in [0.3, 0.4) is 0 Å². The van der Waals surface area contributed by atoms with E-state index in [9.17, 15) is 14.4 Å². The number of rotatable bonds is 4. The maximum absolute atomic E-state index is 13.0. The third kappa shape index (κ3) is 4.12. The van der Waals surface area contributed by atoms with Crippen molar-refractivity contribution < 1.29 is 4.79 Å². The van der Waals surface area contributed by atoms with Crippen LogP contribution in [0.4, 0.5) is 0 Å². The molecule has 7 nitrogen and oxygen atoms in total. The van der Waals surface area contributed by atoms with Crippen molar-refractivity contribution >= 4 is 16.9 Å². The van der Waals surface area contributed by atoms with Crippen molar-refractivity contribution in [3.8, 4) is 0 Å². The lowest BCUT2D eigenvalue weighted by molar-refractivity contribution is -0.136. The van der Waals surface area contributed by atoms with Crippen molar-refractivity contribution in [1.82, 2.24) is 19.0 Å². The van der Waals surface area contributed by atoms with E-state index in [1.807, 2.05) is 41.3 Å². The van der Waals surface area contributed by atoms with Crippen molar-refractivity contribution in [2.24, 2.45) is 13.0 Å². The molecule has 1 amide bonds. The molecule has 5 rings (SSSR count). The van der Waals surface area contributed by atoms with E-state index in [2.05, 4.69) is 0 Å². The average molecular weight is 447 g/mol. The summed E-state index contributed by atoms with van der Waals surface area (Å²) in [5.41, 5.74) is 1.53. The van der Waals surface area contributed by atoms with Gasteiger partial charge in [0, 0.05) is 37.7 Å².